The molecule has 0 aromatic heterocycles. The summed E-state index contributed by atoms with van der Waals surface area (Å²) in [7, 11) is 1.73. The summed E-state index contributed by atoms with van der Waals surface area (Å²) in [6.07, 6.45) is 0.999. The van der Waals surface area contributed by atoms with Crippen LogP contribution in [0.2, 0.25) is 0 Å². The average molecular weight is 347 g/mol. The van der Waals surface area contributed by atoms with Gasteiger partial charge in [0.25, 0.3) is 0 Å². The molecule has 2 aromatic carbocycles. The van der Waals surface area contributed by atoms with Gasteiger partial charge in [-0.2, -0.15) is 0 Å². The Kier molecular flexibility index (Phi) is 5.10. The summed E-state index contributed by atoms with van der Waals surface area (Å²) in [5.74, 6) is 0.991. The van der Waals surface area contributed by atoms with E-state index in [1.165, 1.54) is 33.4 Å². The molecular weight excluding hydrogens is 324 g/mol. The molecule has 0 aliphatic heterocycles. The van der Waals surface area contributed by atoms with E-state index in [2.05, 4.69) is 74.0 Å². The van der Waals surface area contributed by atoms with Gasteiger partial charge >= 0.3 is 0 Å². The smallest absolute Gasteiger partial charge is 0.124 e. The second kappa shape index (κ2) is 6.65. The van der Waals surface area contributed by atoms with Crippen molar-refractivity contribution in [2.75, 3.05) is 7.11 Å². The van der Waals surface area contributed by atoms with Gasteiger partial charge in [0, 0.05) is 4.83 Å². The van der Waals surface area contributed by atoms with Crippen LogP contribution in [0.4, 0.5) is 0 Å². The molecule has 0 saturated heterocycles. The number of rotatable bonds is 4. The van der Waals surface area contributed by atoms with E-state index in [0.717, 1.165) is 12.2 Å². The number of hydrogen-bond donors (Lipinski definition) is 0. The minimum atomic E-state index is 0.321. The summed E-state index contributed by atoms with van der Waals surface area (Å²) >= 11 is 3.86. The van der Waals surface area contributed by atoms with Crippen LogP contribution >= 0.6 is 15.9 Å². The van der Waals surface area contributed by atoms with Crippen molar-refractivity contribution in [3.05, 3.63) is 63.7 Å². The Morgan fingerprint density at radius 3 is 2.14 bits per heavy atom. The molecule has 2 rings (SSSR count). The maximum absolute atomic E-state index is 5.45. The van der Waals surface area contributed by atoms with E-state index in [-0.39, 0.29) is 0 Å². The lowest BCUT2D eigenvalue weighted by molar-refractivity contribution is 0.408. The molecule has 0 fully saturated rings. The monoisotopic (exact) mass is 346 g/mol. The molecule has 2 aromatic rings. The van der Waals surface area contributed by atoms with Crippen LogP contribution in [0.5, 0.6) is 5.75 Å². The van der Waals surface area contributed by atoms with Gasteiger partial charge in [-0.3, -0.25) is 0 Å². The summed E-state index contributed by atoms with van der Waals surface area (Å²) < 4.78 is 5.45. The maximum atomic E-state index is 5.45. The van der Waals surface area contributed by atoms with E-state index in [4.69, 9.17) is 4.74 Å². The third-order valence-electron chi connectivity index (χ3n) is 3.95. The van der Waals surface area contributed by atoms with Crippen molar-refractivity contribution in [3.63, 3.8) is 0 Å². The third-order valence-corrected chi connectivity index (χ3v) is 4.80. The van der Waals surface area contributed by atoms with Crippen molar-refractivity contribution < 1.29 is 4.74 Å². The maximum Gasteiger partial charge on any atom is 0.124 e. The molecule has 1 nitrogen and oxygen atoms in total. The topological polar surface area (TPSA) is 9.23 Å². The van der Waals surface area contributed by atoms with E-state index in [0.29, 0.717) is 4.83 Å². The number of alkyl halides is 1. The number of benzene rings is 2. The van der Waals surface area contributed by atoms with E-state index in [1.807, 2.05) is 0 Å². The van der Waals surface area contributed by atoms with Gasteiger partial charge in [-0.1, -0.05) is 51.8 Å². The van der Waals surface area contributed by atoms with E-state index in [9.17, 15) is 0 Å². The second-order valence-corrected chi connectivity index (χ2v) is 6.89. The van der Waals surface area contributed by atoms with Gasteiger partial charge < -0.3 is 4.74 Å². The highest BCUT2D eigenvalue weighted by Crippen LogP contribution is 2.33. The minimum absolute atomic E-state index is 0.321. The Balaban J connectivity index is 2.28. The van der Waals surface area contributed by atoms with Gasteiger partial charge in [0.1, 0.15) is 5.75 Å². The zero-order chi connectivity index (χ0) is 15.6. The largest absolute Gasteiger partial charge is 0.496 e. The molecule has 2 heteroatoms. The molecule has 0 amide bonds. The molecule has 112 valence electrons. The van der Waals surface area contributed by atoms with Gasteiger partial charge in [-0.05, 0) is 61.9 Å². The molecule has 0 aliphatic carbocycles. The third kappa shape index (κ3) is 3.68. The van der Waals surface area contributed by atoms with Crippen molar-refractivity contribution in [2.45, 2.75) is 38.9 Å². The fourth-order valence-electron chi connectivity index (χ4n) is 2.82. The van der Waals surface area contributed by atoms with Crippen molar-refractivity contribution >= 4 is 15.9 Å². The first-order valence-corrected chi connectivity index (χ1v) is 8.19. The van der Waals surface area contributed by atoms with Crippen molar-refractivity contribution in [1.82, 2.24) is 0 Å². The Labute approximate surface area is 136 Å². The van der Waals surface area contributed by atoms with E-state index >= 15 is 0 Å². The Hall–Kier alpha value is -1.28. The summed E-state index contributed by atoms with van der Waals surface area (Å²) in [6, 6.07) is 11.1. The predicted molar refractivity (Wildman–Crippen MR) is 93.8 cm³/mol. The van der Waals surface area contributed by atoms with Crippen LogP contribution < -0.4 is 4.74 Å². The summed E-state index contributed by atoms with van der Waals surface area (Å²) in [4.78, 5) is 0.321. The Morgan fingerprint density at radius 2 is 1.57 bits per heavy atom. The SMILES string of the molecule is COc1c(C)cc(C(Br)Cc2cc(C)ccc2C)cc1C. The number of hydrogen-bond acceptors (Lipinski definition) is 1. The quantitative estimate of drug-likeness (QED) is 0.654. The van der Waals surface area contributed by atoms with Crippen LogP contribution in [-0.2, 0) is 6.42 Å². The number of halogens is 1. The molecule has 1 unspecified atom stereocenters. The van der Waals surface area contributed by atoms with Crippen LogP contribution in [0, 0.1) is 27.7 Å². The fraction of sp³-hybridized carbons (Fsp3) is 0.368. The van der Waals surface area contributed by atoms with E-state index < -0.39 is 0 Å². The summed E-state index contributed by atoms with van der Waals surface area (Å²) in [6.45, 7) is 8.53. The molecule has 1 atom stereocenters. The number of methoxy groups -OCH3 is 1. The van der Waals surface area contributed by atoms with Gasteiger partial charge in [-0.25, -0.2) is 0 Å². The zero-order valence-corrected chi connectivity index (χ0v) is 15.0. The van der Waals surface area contributed by atoms with Gasteiger partial charge in [0.05, 0.1) is 7.11 Å². The number of aryl methyl sites for hydroxylation is 4. The molecule has 0 saturated carbocycles. The predicted octanol–water partition coefficient (Wildman–Crippen LogP) is 5.61. The summed E-state index contributed by atoms with van der Waals surface area (Å²) in [5.41, 5.74) is 7.77. The van der Waals surface area contributed by atoms with Gasteiger partial charge in [-0.15, -0.1) is 0 Å². The first kappa shape index (κ1) is 16.1. The molecule has 0 spiro atoms. The Bertz CT molecular complexity index is 623. The van der Waals surface area contributed by atoms with Crippen LogP contribution in [0.15, 0.2) is 30.3 Å². The molecule has 0 N–H and O–H groups in total. The molecule has 0 aliphatic rings. The standard InChI is InChI=1S/C19H23BrO/c1-12-6-7-13(2)16(8-12)11-18(20)17-9-14(3)19(21-5)15(4)10-17/h6-10,18H,11H2,1-5H3. The van der Waals surface area contributed by atoms with Crippen molar-refractivity contribution in [3.8, 4) is 5.75 Å². The lowest BCUT2D eigenvalue weighted by atomic mass is 9.96. The van der Waals surface area contributed by atoms with Crippen molar-refractivity contribution in [1.29, 1.82) is 0 Å². The lowest BCUT2D eigenvalue weighted by Crippen LogP contribution is -2.01. The normalized spacial score (nSPS) is 12.3. The summed E-state index contributed by atoms with van der Waals surface area (Å²) in [5, 5.41) is 0. The Morgan fingerprint density at radius 1 is 0.952 bits per heavy atom. The molecule has 0 bridgehead atoms. The molecule has 0 heterocycles. The lowest BCUT2D eigenvalue weighted by Gasteiger charge is -2.16. The average Bonchev–Trinajstić information content (AvgIpc) is 2.42. The van der Waals surface area contributed by atoms with E-state index in [1.54, 1.807) is 7.11 Å². The zero-order valence-electron chi connectivity index (χ0n) is 13.5. The van der Waals surface area contributed by atoms with Gasteiger partial charge in [0.15, 0.2) is 0 Å². The first-order chi connectivity index (χ1) is 9.92. The van der Waals surface area contributed by atoms with Crippen LogP contribution in [0.1, 0.15) is 38.2 Å². The van der Waals surface area contributed by atoms with Crippen LogP contribution in [0.25, 0.3) is 0 Å². The highest BCUT2D eigenvalue weighted by molar-refractivity contribution is 9.09. The van der Waals surface area contributed by atoms with Gasteiger partial charge in [0.2, 0.25) is 0 Å². The fourth-order valence-corrected chi connectivity index (χ4v) is 3.43. The molecule has 0 radical (unpaired) electrons. The molecular formula is C19H23BrO. The van der Waals surface area contributed by atoms with Crippen molar-refractivity contribution in [2.24, 2.45) is 0 Å². The first-order valence-electron chi connectivity index (χ1n) is 7.27. The van der Waals surface area contributed by atoms with Crippen LogP contribution in [-0.4, -0.2) is 7.11 Å². The number of ether oxygens (including phenoxy) is 1. The highest BCUT2D eigenvalue weighted by Gasteiger charge is 2.13. The second-order valence-electron chi connectivity index (χ2n) is 5.79. The highest BCUT2D eigenvalue weighted by atomic mass is 79.9. The minimum Gasteiger partial charge on any atom is -0.496 e. The van der Waals surface area contributed by atoms with Crippen LogP contribution in [0.3, 0.4) is 0 Å². The molecule has 21 heavy (non-hydrogen) atoms.